The Morgan fingerprint density at radius 1 is 1.07 bits per heavy atom. The number of nitrogens with one attached hydrogen (secondary N) is 4. The first-order valence-electron chi connectivity index (χ1n) is 7.60. The van der Waals surface area contributed by atoms with Crippen molar-refractivity contribution in [1.29, 1.82) is 0 Å². The number of aliphatic hydroxyl groups excluding tert-OH is 2. The van der Waals surface area contributed by atoms with Crippen LogP contribution < -0.4 is 33.0 Å². The van der Waals surface area contributed by atoms with Gasteiger partial charge >= 0.3 is 12.0 Å². The van der Waals surface area contributed by atoms with Crippen molar-refractivity contribution in [1.82, 2.24) is 21.5 Å². The van der Waals surface area contributed by atoms with Crippen LogP contribution in [0, 0.1) is 0 Å². The van der Waals surface area contributed by atoms with Gasteiger partial charge in [-0.3, -0.25) is 25.2 Å². The molecular weight excluding hydrogens is 368 g/mol. The molecule has 0 aromatic carbocycles. The van der Waals surface area contributed by atoms with E-state index in [1.165, 1.54) is 6.92 Å². The number of urea groups is 1. The summed E-state index contributed by atoms with van der Waals surface area (Å²) in [5.74, 6) is -3.85. The summed E-state index contributed by atoms with van der Waals surface area (Å²) in [5.41, 5.74) is 14.0. The van der Waals surface area contributed by atoms with E-state index in [0.29, 0.717) is 0 Å². The molecule has 14 nitrogen and oxygen atoms in total. The van der Waals surface area contributed by atoms with Crippen LogP contribution in [-0.2, 0) is 23.9 Å². The number of carbonyl (C=O) groups is 5. The number of methoxy groups -OCH3 is 1. The van der Waals surface area contributed by atoms with Gasteiger partial charge in [0.25, 0.3) is 11.8 Å². The van der Waals surface area contributed by atoms with Crippen molar-refractivity contribution < 1.29 is 38.9 Å². The Kier molecular flexibility index (Phi) is 10.3. The Morgan fingerprint density at radius 2 is 1.63 bits per heavy atom. The molecule has 10 N–H and O–H groups in total. The molecule has 0 heterocycles. The molecule has 0 aromatic rings. The maximum absolute atomic E-state index is 12.0. The van der Waals surface area contributed by atoms with Crippen LogP contribution in [-0.4, -0.2) is 77.9 Å². The van der Waals surface area contributed by atoms with Gasteiger partial charge in [0.2, 0.25) is 5.91 Å². The van der Waals surface area contributed by atoms with E-state index in [9.17, 15) is 29.1 Å². The first kappa shape index (κ1) is 24.0. The third-order valence-corrected chi connectivity index (χ3v) is 3.09. The summed E-state index contributed by atoms with van der Waals surface area (Å²) in [5, 5.41) is 22.4. The molecule has 154 valence electrons. The molecule has 0 bridgehead atoms. The zero-order chi connectivity index (χ0) is 21.1. The second-order valence-electron chi connectivity index (χ2n) is 5.35. The summed E-state index contributed by atoms with van der Waals surface area (Å²) in [6.07, 6.45) is -1.95. The van der Waals surface area contributed by atoms with Crippen LogP contribution in [0.5, 0.6) is 0 Å². The van der Waals surface area contributed by atoms with E-state index in [0.717, 1.165) is 7.11 Å². The van der Waals surface area contributed by atoms with Crippen LogP contribution in [0.1, 0.15) is 13.3 Å². The van der Waals surface area contributed by atoms with Crippen LogP contribution in [0.3, 0.4) is 0 Å². The number of hydrogen-bond acceptors (Lipinski definition) is 9. The van der Waals surface area contributed by atoms with E-state index >= 15 is 0 Å². The van der Waals surface area contributed by atoms with Gasteiger partial charge in [0.05, 0.1) is 26.2 Å². The molecule has 0 aliphatic rings. The second-order valence-corrected chi connectivity index (χ2v) is 5.35. The molecule has 0 aliphatic carbocycles. The predicted molar refractivity (Wildman–Crippen MR) is 88.1 cm³/mol. The number of primary amides is 1. The standard InChI is InChI=1S/C13H24N6O8/c1-5(21)9(12(25)27-2)17-13(26)16-7(3-8(15)22)11(24)19-18-10(23)6(14)4-20/h5-7,9,20-21H,3-4,14H2,1-2H3,(H2,15,22)(H,18,23)(H,19,24)(H2,16,17,26)/t5?,6-,7?,9-/m0/s1. The van der Waals surface area contributed by atoms with Crippen molar-refractivity contribution >= 4 is 29.7 Å². The van der Waals surface area contributed by atoms with Gasteiger partial charge in [0.15, 0.2) is 6.04 Å². The SMILES string of the molecule is COC(=O)[C@@H](NC(=O)NC(CC(N)=O)C(=O)NNC(=O)[C@@H](N)CO)C(C)O. The van der Waals surface area contributed by atoms with Crippen molar-refractivity contribution in [2.75, 3.05) is 13.7 Å². The average molecular weight is 392 g/mol. The highest BCUT2D eigenvalue weighted by atomic mass is 16.5. The van der Waals surface area contributed by atoms with Crippen molar-refractivity contribution in [3.63, 3.8) is 0 Å². The number of carbonyl (C=O) groups excluding carboxylic acids is 5. The Labute approximate surface area is 153 Å². The highest BCUT2D eigenvalue weighted by Gasteiger charge is 2.29. The molecule has 27 heavy (non-hydrogen) atoms. The monoisotopic (exact) mass is 392 g/mol. The predicted octanol–water partition coefficient (Wildman–Crippen LogP) is -5.08. The van der Waals surface area contributed by atoms with E-state index in [1.54, 1.807) is 0 Å². The minimum Gasteiger partial charge on any atom is -0.467 e. The molecule has 4 atom stereocenters. The molecule has 0 aromatic heterocycles. The first-order valence-corrected chi connectivity index (χ1v) is 7.60. The lowest BCUT2D eigenvalue weighted by Gasteiger charge is -2.22. The highest BCUT2D eigenvalue weighted by Crippen LogP contribution is 1.97. The van der Waals surface area contributed by atoms with E-state index in [2.05, 4.69) is 15.4 Å². The number of esters is 1. The minimum atomic E-state index is -1.53. The van der Waals surface area contributed by atoms with E-state index in [1.807, 2.05) is 10.9 Å². The Morgan fingerprint density at radius 3 is 2.07 bits per heavy atom. The largest absolute Gasteiger partial charge is 0.467 e. The normalized spacial score (nSPS) is 14.7. The molecule has 0 fully saturated rings. The lowest BCUT2D eigenvalue weighted by molar-refractivity contribution is -0.145. The van der Waals surface area contributed by atoms with Gasteiger partial charge < -0.3 is 37.1 Å². The third kappa shape index (κ3) is 8.80. The zero-order valence-corrected chi connectivity index (χ0v) is 14.7. The molecular formula is C13H24N6O8. The van der Waals surface area contributed by atoms with E-state index < -0.39 is 67.0 Å². The van der Waals surface area contributed by atoms with Crippen molar-refractivity contribution in [3.8, 4) is 0 Å². The molecule has 0 radical (unpaired) electrons. The molecule has 0 saturated carbocycles. The fraction of sp³-hybridized carbons (Fsp3) is 0.615. The summed E-state index contributed by atoms with van der Waals surface area (Å²) < 4.78 is 4.41. The van der Waals surface area contributed by atoms with Crippen LogP contribution in [0.25, 0.3) is 0 Å². The summed E-state index contributed by atoms with van der Waals surface area (Å²) in [4.78, 5) is 58.0. The Hall–Kier alpha value is -2.97. The molecule has 5 amide bonds. The van der Waals surface area contributed by atoms with Gasteiger partial charge in [0.1, 0.15) is 12.1 Å². The molecule has 14 heteroatoms. The molecule has 0 spiro atoms. The summed E-state index contributed by atoms with van der Waals surface area (Å²) in [6.45, 7) is 0.538. The average Bonchev–Trinajstić information content (AvgIpc) is 2.61. The maximum atomic E-state index is 12.0. The van der Waals surface area contributed by atoms with Crippen molar-refractivity contribution in [2.45, 2.75) is 37.6 Å². The fourth-order valence-electron chi connectivity index (χ4n) is 1.64. The molecule has 2 unspecified atom stereocenters. The van der Waals surface area contributed by atoms with Crippen LogP contribution >= 0.6 is 0 Å². The number of nitrogens with two attached hydrogens (primary N) is 2. The topological polar surface area (TPSA) is 235 Å². The third-order valence-electron chi connectivity index (χ3n) is 3.09. The Bertz CT molecular complexity index is 569. The smallest absolute Gasteiger partial charge is 0.331 e. The maximum Gasteiger partial charge on any atom is 0.331 e. The van der Waals surface area contributed by atoms with Crippen LogP contribution in [0.15, 0.2) is 0 Å². The van der Waals surface area contributed by atoms with Crippen molar-refractivity contribution in [3.05, 3.63) is 0 Å². The van der Waals surface area contributed by atoms with E-state index in [4.69, 9.17) is 16.6 Å². The second kappa shape index (κ2) is 11.6. The van der Waals surface area contributed by atoms with Gasteiger partial charge in [0, 0.05) is 0 Å². The number of hydrazine groups is 1. The lowest BCUT2D eigenvalue weighted by atomic mass is 10.1. The van der Waals surface area contributed by atoms with Crippen molar-refractivity contribution in [2.24, 2.45) is 11.5 Å². The molecule has 0 saturated heterocycles. The van der Waals surface area contributed by atoms with Gasteiger partial charge in [-0.25, -0.2) is 9.59 Å². The summed E-state index contributed by atoms with van der Waals surface area (Å²) in [7, 11) is 1.04. The van der Waals surface area contributed by atoms with Gasteiger partial charge in [-0.15, -0.1) is 0 Å². The number of amides is 5. The molecule has 0 aliphatic heterocycles. The lowest BCUT2D eigenvalue weighted by Crippen LogP contribution is -2.59. The summed E-state index contributed by atoms with van der Waals surface area (Å²) >= 11 is 0. The number of ether oxygens (including phenoxy) is 1. The summed E-state index contributed by atoms with van der Waals surface area (Å²) in [6, 6.07) is -5.36. The minimum absolute atomic E-state index is 0.640. The van der Waals surface area contributed by atoms with Crippen LogP contribution in [0.2, 0.25) is 0 Å². The zero-order valence-electron chi connectivity index (χ0n) is 14.7. The van der Waals surface area contributed by atoms with Gasteiger partial charge in [-0.05, 0) is 6.92 Å². The highest BCUT2D eigenvalue weighted by molar-refractivity contribution is 5.93. The molecule has 0 rings (SSSR count). The fourth-order valence-corrected chi connectivity index (χ4v) is 1.64. The van der Waals surface area contributed by atoms with Gasteiger partial charge in [-0.1, -0.05) is 0 Å². The number of hydrogen-bond donors (Lipinski definition) is 8. The van der Waals surface area contributed by atoms with Crippen LogP contribution in [0.4, 0.5) is 4.79 Å². The Balaban J connectivity index is 4.96. The number of aliphatic hydroxyl groups is 2. The quantitative estimate of drug-likeness (QED) is 0.138. The van der Waals surface area contributed by atoms with Gasteiger partial charge in [-0.2, -0.15) is 0 Å². The number of rotatable bonds is 9. The first-order chi connectivity index (χ1) is 12.5. The van der Waals surface area contributed by atoms with E-state index in [-0.39, 0.29) is 0 Å².